The molecule has 2 amide bonds. The molecule has 0 bridgehead atoms. The molecule has 0 aliphatic heterocycles. The third-order valence-electron chi connectivity index (χ3n) is 5.10. The van der Waals surface area contributed by atoms with Crippen LogP contribution in [0.25, 0.3) is 0 Å². The molecule has 0 radical (unpaired) electrons. The van der Waals surface area contributed by atoms with E-state index in [0.717, 1.165) is 5.56 Å². The minimum Gasteiger partial charge on any atom is -0.493 e. The van der Waals surface area contributed by atoms with Crippen molar-refractivity contribution >= 4 is 35.0 Å². The monoisotopic (exact) mass is 466 g/mol. The van der Waals surface area contributed by atoms with Crippen molar-refractivity contribution in [1.29, 1.82) is 0 Å². The number of carbonyl (C=O) groups is 2. The zero-order chi connectivity index (χ0) is 23.0. The standard InChI is InChI=1S/C23H28Cl2N2O4/c1-5-19(23(29)26-2)27(14-16-17(24)7-6-8-18(16)25)22(28)12-10-15-9-11-20(30-3)21(13-15)31-4/h6-9,11,13,19H,5,10,12,14H2,1-4H3,(H,26,29). The molecular weight excluding hydrogens is 439 g/mol. The van der Waals surface area contributed by atoms with Crippen LogP contribution in [0.3, 0.4) is 0 Å². The normalized spacial score (nSPS) is 11.5. The summed E-state index contributed by atoms with van der Waals surface area (Å²) in [6.07, 6.45) is 1.16. The first-order valence-electron chi connectivity index (χ1n) is 10.0. The number of halogens is 2. The summed E-state index contributed by atoms with van der Waals surface area (Å²) in [6.45, 7) is 2.01. The highest BCUT2D eigenvalue weighted by Crippen LogP contribution is 2.29. The fraction of sp³-hybridized carbons (Fsp3) is 0.391. The lowest BCUT2D eigenvalue weighted by Gasteiger charge is -2.31. The van der Waals surface area contributed by atoms with Gasteiger partial charge in [0.1, 0.15) is 6.04 Å². The van der Waals surface area contributed by atoms with Crippen molar-refractivity contribution in [2.24, 2.45) is 0 Å². The molecule has 2 aromatic carbocycles. The Balaban J connectivity index is 2.26. The Bertz CT molecular complexity index is 900. The second kappa shape index (κ2) is 11.8. The molecule has 0 aliphatic rings. The number of nitrogens with zero attached hydrogens (tertiary/aromatic N) is 1. The Morgan fingerprint density at radius 3 is 2.26 bits per heavy atom. The third kappa shape index (κ3) is 6.28. The lowest BCUT2D eigenvalue weighted by Crippen LogP contribution is -2.48. The molecule has 0 aliphatic carbocycles. The third-order valence-corrected chi connectivity index (χ3v) is 5.81. The summed E-state index contributed by atoms with van der Waals surface area (Å²) in [5.41, 5.74) is 1.54. The van der Waals surface area contributed by atoms with Crippen molar-refractivity contribution in [3.05, 3.63) is 57.6 Å². The number of rotatable bonds is 10. The van der Waals surface area contributed by atoms with Gasteiger partial charge in [-0.2, -0.15) is 0 Å². The maximum absolute atomic E-state index is 13.2. The highest BCUT2D eigenvalue weighted by molar-refractivity contribution is 6.36. The van der Waals surface area contributed by atoms with E-state index in [9.17, 15) is 9.59 Å². The largest absolute Gasteiger partial charge is 0.493 e. The molecule has 0 aromatic heterocycles. The van der Waals surface area contributed by atoms with E-state index in [4.69, 9.17) is 32.7 Å². The Kier molecular flexibility index (Phi) is 9.46. The van der Waals surface area contributed by atoms with Gasteiger partial charge in [0.05, 0.1) is 14.2 Å². The van der Waals surface area contributed by atoms with E-state index in [0.29, 0.717) is 39.9 Å². The molecule has 1 atom stereocenters. The number of benzene rings is 2. The lowest BCUT2D eigenvalue weighted by molar-refractivity contribution is -0.141. The molecular formula is C23H28Cl2N2O4. The minimum absolute atomic E-state index is 0.148. The van der Waals surface area contributed by atoms with Crippen LogP contribution in [0, 0.1) is 0 Å². The van der Waals surface area contributed by atoms with Gasteiger partial charge in [-0.05, 0) is 42.7 Å². The number of ether oxygens (including phenoxy) is 2. The summed E-state index contributed by atoms with van der Waals surface area (Å²) in [4.78, 5) is 27.3. The zero-order valence-electron chi connectivity index (χ0n) is 18.2. The van der Waals surface area contributed by atoms with Gasteiger partial charge in [-0.1, -0.05) is 42.3 Å². The Hall–Kier alpha value is -2.44. The number of hydrogen-bond acceptors (Lipinski definition) is 4. The van der Waals surface area contributed by atoms with Crippen molar-refractivity contribution in [3.63, 3.8) is 0 Å². The van der Waals surface area contributed by atoms with Crippen LogP contribution in [0.1, 0.15) is 30.9 Å². The molecule has 0 fully saturated rings. The average Bonchev–Trinajstić information content (AvgIpc) is 2.78. The molecule has 8 heteroatoms. The minimum atomic E-state index is -0.629. The van der Waals surface area contributed by atoms with Crippen molar-refractivity contribution in [3.8, 4) is 11.5 Å². The van der Waals surface area contributed by atoms with Gasteiger partial charge >= 0.3 is 0 Å². The average molecular weight is 467 g/mol. The van der Waals surface area contributed by atoms with Crippen LogP contribution in [0.15, 0.2) is 36.4 Å². The van der Waals surface area contributed by atoms with Crippen LogP contribution >= 0.6 is 23.2 Å². The van der Waals surface area contributed by atoms with E-state index in [2.05, 4.69) is 5.32 Å². The number of nitrogens with one attached hydrogen (secondary N) is 1. The molecule has 0 saturated carbocycles. The van der Waals surface area contributed by atoms with Crippen LogP contribution in [-0.2, 0) is 22.6 Å². The van der Waals surface area contributed by atoms with Gasteiger partial charge in [-0.3, -0.25) is 9.59 Å². The van der Waals surface area contributed by atoms with E-state index < -0.39 is 6.04 Å². The Morgan fingerprint density at radius 1 is 1.06 bits per heavy atom. The summed E-state index contributed by atoms with van der Waals surface area (Å²) in [5.74, 6) is 0.827. The van der Waals surface area contributed by atoms with Gasteiger partial charge in [0.2, 0.25) is 11.8 Å². The van der Waals surface area contributed by atoms with Crippen molar-refractivity contribution < 1.29 is 19.1 Å². The first-order valence-corrected chi connectivity index (χ1v) is 10.8. The van der Waals surface area contributed by atoms with E-state index >= 15 is 0 Å². The summed E-state index contributed by atoms with van der Waals surface area (Å²) in [6, 6.07) is 10.1. The number of hydrogen-bond donors (Lipinski definition) is 1. The first kappa shape index (κ1) is 24.8. The van der Waals surface area contributed by atoms with E-state index in [1.54, 1.807) is 50.4 Å². The molecule has 0 spiro atoms. The van der Waals surface area contributed by atoms with Crippen LogP contribution in [0.2, 0.25) is 10.0 Å². The summed E-state index contributed by atoms with van der Waals surface area (Å²) >= 11 is 12.7. The predicted octanol–water partition coefficient (Wildman–Crippen LogP) is 4.50. The fourth-order valence-electron chi connectivity index (χ4n) is 3.37. The summed E-state index contributed by atoms with van der Waals surface area (Å²) < 4.78 is 10.6. The van der Waals surface area contributed by atoms with E-state index in [1.165, 1.54) is 0 Å². The molecule has 6 nitrogen and oxygen atoms in total. The molecule has 2 aromatic rings. The summed E-state index contributed by atoms with van der Waals surface area (Å²) in [5, 5.41) is 3.55. The van der Waals surface area contributed by atoms with Crippen LogP contribution in [0.4, 0.5) is 0 Å². The van der Waals surface area contributed by atoms with Crippen molar-refractivity contribution in [1.82, 2.24) is 10.2 Å². The first-order chi connectivity index (χ1) is 14.9. The number of amides is 2. The van der Waals surface area contributed by atoms with Gasteiger partial charge in [-0.25, -0.2) is 0 Å². The van der Waals surface area contributed by atoms with Gasteiger partial charge < -0.3 is 19.7 Å². The quantitative estimate of drug-likeness (QED) is 0.559. The van der Waals surface area contributed by atoms with Crippen LogP contribution < -0.4 is 14.8 Å². The van der Waals surface area contributed by atoms with Gasteiger partial charge in [-0.15, -0.1) is 0 Å². The van der Waals surface area contributed by atoms with Gasteiger partial charge in [0.15, 0.2) is 11.5 Å². The Labute approximate surface area is 193 Å². The summed E-state index contributed by atoms with van der Waals surface area (Å²) in [7, 11) is 4.69. The number of likely N-dealkylation sites (N-methyl/N-ethyl adjacent to an activating group) is 1. The highest BCUT2D eigenvalue weighted by atomic mass is 35.5. The number of carbonyl (C=O) groups excluding carboxylic acids is 2. The molecule has 2 rings (SSSR count). The SMILES string of the molecule is CCC(C(=O)NC)N(Cc1c(Cl)cccc1Cl)C(=O)CCc1ccc(OC)c(OC)c1. The zero-order valence-corrected chi connectivity index (χ0v) is 19.7. The van der Waals surface area contributed by atoms with Gasteiger partial charge in [0, 0.05) is 35.6 Å². The Morgan fingerprint density at radius 2 is 1.71 bits per heavy atom. The second-order valence-electron chi connectivity index (χ2n) is 6.95. The van der Waals surface area contributed by atoms with E-state index in [1.807, 2.05) is 19.1 Å². The van der Waals surface area contributed by atoms with Crippen LogP contribution in [-0.4, -0.2) is 44.0 Å². The molecule has 31 heavy (non-hydrogen) atoms. The predicted molar refractivity (Wildman–Crippen MR) is 123 cm³/mol. The molecule has 1 N–H and O–H groups in total. The molecule has 0 saturated heterocycles. The lowest BCUT2D eigenvalue weighted by atomic mass is 10.1. The number of methoxy groups -OCH3 is 2. The molecule has 168 valence electrons. The molecule has 0 heterocycles. The van der Waals surface area contributed by atoms with Gasteiger partial charge in [0.25, 0.3) is 0 Å². The maximum atomic E-state index is 13.2. The van der Waals surface area contributed by atoms with Crippen LogP contribution in [0.5, 0.6) is 11.5 Å². The second-order valence-corrected chi connectivity index (χ2v) is 7.76. The topological polar surface area (TPSA) is 67.9 Å². The maximum Gasteiger partial charge on any atom is 0.242 e. The smallest absolute Gasteiger partial charge is 0.242 e. The van der Waals surface area contributed by atoms with E-state index in [-0.39, 0.29) is 24.8 Å². The highest BCUT2D eigenvalue weighted by Gasteiger charge is 2.29. The number of aryl methyl sites for hydroxylation is 1. The van der Waals surface area contributed by atoms with Crippen molar-refractivity contribution in [2.45, 2.75) is 38.8 Å². The molecule has 1 unspecified atom stereocenters. The van der Waals surface area contributed by atoms with Crippen molar-refractivity contribution in [2.75, 3.05) is 21.3 Å². The fourth-order valence-corrected chi connectivity index (χ4v) is 3.89.